The summed E-state index contributed by atoms with van der Waals surface area (Å²) in [6, 6.07) is 11.5. The lowest BCUT2D eigenvalue weighted by Gasteiger charge is -2.05. The van der Waals surface area contributed by atoms with Crippen molar-refractivity contribution in [2.45, 2.75) is 12.8 Å². The summed E-state index contributed by atoms with van der Waals surface area (Å²) in [6.45, 7) is 0. The van der Waals surface area contributed by atoms with Crippen LogP contribution in [0.1, 0.15) is 22.5 Å². The normalized spacial score (nSPS) is 10.8. The maximum Gasteiger partial charge on any atom is 0.165 e. The molecule has 100 valence electrons. The molecule has 2 heterocycles. The predicted molar refractivity (Wildman–Crippen MR) is 77.6 cm³/mol. The van der Waals surface area contributed by atoms with Gasteiger partial charge in [-0.05, 0) is 24.6 Å². The molecule has 0 saturated carbocycles. The van der Waals surface area contributed by atoms with Crippen molar-refractivity contribution >= 4 is 16.7 Å². The molecule has 4 nitrogen and oxygen atoms in total. The number of pyridine rings is 1. The molecule has 0 radical (unpaired) electrons. The zero-order chi connectivity index (χ0) is 13.9. The van der Waals surface area contributed by atoms with E-state index in [4.69, 9.17) is 0 Å². The molecule has 0 atom stereocenters. The lowest BCUT2D eigenvalue weighted by Crippen LogP contribution is -2.05. The highest BCUT2D eigenvalue weighted by molar-refractivity contribution is 6.06. The first-order valence-corrected chi connectivity index (χ1v) is 6.59. The van der Waals surface area contributed by atoms with E-state index in [-0.39, 0.29) is 5.78 Å². The Labute approximate surface area is 117 Å². The van der Waals surface area contributed by atoms with E-state index in [0.717, 1.165) is 16.6 Å². The van der Waals surface area contributed by atoms with Crippen molar-refractivity contribution in [1.82, 2.24) is 14.8 Å². The molecule has 1 aromatic carbocycles. The number of hydrogen-bond donors (Lipinski definition) is 0. The van der Waals surface area contributed by atoms with Crippen molar-refractivity contribution in [3.8, 4) is 0 Å². The van der Waals surface area contributed by atoms with Gasteiger partial charge in [0.1, 0.15) is 0 Å². The standard InChI is InChI=1S/C16H15N3O/c1-19-13(9-11-18-19)7-8-15(20)14-6-2-4-12-5-3-10-17-16(12)14/h2-6,9-11H,7-8H2,1H3. The first kappa shape index (κ1) is 12.5. The van der Waals surface area contributed by atoms with Crippen molar-refractivity contribution in [2.75, 3.05) is 0 Å². The van der Waals surface area contributed by atoms with Gasteiger partial charge in [0.05, 0.1) is 5.52 Å². The van der Waals surface area contributed by atoms with E-state index in [2.05, 4.69) is 10.1 Å². The topological polar surface area (TPSA) is 47.8 Å². The quantitative estimate of drug-likeness (QED) is 0.681. The van der Waals surface area contributed by atoms with E-state index >= 15 is 0 Å². The van der Waals surface area contributed by atoms with E-state index in [0.29, 0.717) is 18.4 Å². The van der Waals surface area contributed by atoms with Crippen LogP contribution in [0.25, 0.3) is 10.9 Å². The number of Topliss-reactive ketones (excluding diaryl/α,β-unsaturated/α-hetero) is 1. The van der Waals surface area contributed by atoms with Crippen molar-refractivity contribution in [2.24, 2.45) is 7.05 Å². The summed E-state index contributed by atoms with van der Waals surface area (Å²) in [4.78, 5) is 16.7. The number of aryl methyl sites for hydroxylation is 2. The Balaban J connectivity index is 1.84. The third kappa shape index (κ3) is 2.32. The smallest absolute Gasteiger partial charge is 0.165 e. The minimum atomic E-state index is 0.121. The Kier molecular flexibility index (Phi) is 3.29. The van der Waals surface area contributed by atoms with Crippen molar-refractivity contribution in [3.63, 3.8) is 0 Å². The molecule has 0 spiro atoms. The molecule has 3 aromatic rings. The Morgan fingerprint density at radius 3 is 2.80 bits per heavy atom. The lowest BCUT2D eigenvalue weighted by molar-refractivity contribution is 0.0983. The van der Waals surface area contributed by atoms with Crippen LogP contribution in [0, 0.1) is 0 Å². The van der Waals surface area contributed by atoms with Gasteiger partial charge in [-0.2, -0.15) is 5.10 Å². The van der Waals surface area contributed by atoms with Crippen LogP contribution in [-0.4, -0.2) is 20.5 Å². The Bertz CT molecular complexity index is 756. The molecule has 0 aliphatic heterocycles. The van der Waals surface area contributed by atoms with Gasteiger partial charge >= 0.3 is 0 Å². The van der Waals surface area contributed by atoms with Crippen molar-refractivity contribution in [1.29, 1.82) is 0 Å². The van der Waals surface area contributed by atoms with Gasteiger partial charge in [-0.25, -0.2) is 0 Å². The summed E-state index contributed by atoms with van der Waals surface area (Å²) >= 11 is 0. The van der Waals surface area contributed by atoms with Crippen LogP contribution in [-0.2, 0) is 13.5 Å². The fraction of sp³-hybridized carbons (Fsp3) is 0.188. The van der Waals surface area contributed by atoms with Gasteiger partial charge in [0.25, 0.3) is 0 Å². The van der Waals surface area contributed by atoms with Gasteiger partial charge in [-0.3, -0.25) is 14.5 Å². The number of ketones is 1. The first-order valence-electron chi connectivity index (χ1n) is 6.59. The van der Waals surface area contributed by atoms with E-state index in [9.17, 15) is 4.79 Å². The number of rotatable bonds is 4. The first-order chi connectivity index (χ1) is 9.75. The zero-order valence-corrected chi connectivity index (χ0v) is 11.3. The molecule has 0 aliphatic rings. The van der Waals surface area contributed by atoms with Crippen LogP contribution in [0.4, 0.5) is 0 Å². The van der Waals surface area contributed by atoms with Crippen molar-refractivity contribution < 1.29 is 4.79 Å². The molecule has 0 saturated heterocycles. The summed E-state index contributed by atoms with van der Waals surface area (Å²) in [5.41, 5.74) is 2.54. The van der Waals surface area contributed by atoms with Gasteiger partial charge < -0.3 is 0 Å². The summed E-state index contributed by atoms with van der Waals surface area (Å²) in [6.07, 6.45) is 4.63. The second kappa shape index (κ2) is 5.25. The Morgan fingerprint density at radius 1 is 1.15 bits per heavy atom. The molecule has 0 N–H and O–H groups in total. The number of nitrogens with zero attached hydrogens (tertiary/aromatic N) is 3. The molecule has 2 aromatic heterocycles. The molecule has 0 bridgehead atoms. The van der Waals surface area contributed by atoms with Gasteiger partial charge in [-0.1, -0.05) is 18.2 Å². The lowest BCUT2D eigenvalue weighted by atomic mass is 10.0. The van der Waals surface area contributed by atoms with Crippen LogP contribution in [0.2, 0.25) is 0 Å². The third-order valence-electron chi connectivity index (χ3n) is 3.46. The molecule has 0 unspecified atom stereocenters. The van der Waals surface area contributed by atoms with E-state index in [1.165, 1.54) is 0 Å². The minimum absolute atomic E-state index is 0.121. The molecule has 0 amide bonds. The number of carbonyl (C=O) groups is 1. The fourth-order valence-electron chi connectivity index (χ4n) is 2.35. The average Bonchev–Trinajstić information content (AvgIpc) is 2.89. The molecule has 0 fully saturated rings. The average molecular weight is 265 g/mol. The second-order valence-electron chi connectivity index (χ2n) is 4.75. The Hall–Kier alpha value is -2.49. The molecular formula is C16H15N3O. The summed E-state index contributed by atoms with van der Waals surface area (Å²) < 4.78 is 1.80. The maximum atomic E-state index is 12.4. The summed E-state index contributed by atoms with van der Waals surface area (Å²) in [5.74, 6) is 0.121. The van der Waals surface area contributed by atoms with Gasteiger partial charge in [0.15, 0.2) is 5.78 Å². The summed E-state index contributed by atoms with van der Waals surface area (Å²) in [5, 5.41) is 5.11. The largest absolute Gasteiger partial charge is 0.294 e. The Morgan fingerprint density at radius 2 is 2.00 bits per heavy atom. The van der Waals surface area contributed by atoms with E-state index in [1.54, 1.807) is 17.1 Å². The highest BCUT2D eigenvalue weighted by Gasteiger charge is 2.11. The van der Waals surface area contributed by atoms with E-state index < -0.39 is 0 Å². The number of fused-ring (bicyclic) bond motifs is 1. The maximum absolute atomic E-state index is 12.4. The molecule has 20 heavy (non-hydrogen) atoms. The SMILES string of the molecule is Cn1nccc1CCC(=O)c1cccc2cccnc12. The van der Waals surface area contributed by atoms with Gasteiger partial charge in [0.2, 0.25) is 0 Å². The number of hydrogen-bond acceptors (Lipinski definition) is 3. The number of aromatic nitrogens is 3. The molecule has 4 heteroatoms. The van der Waals surface area contributed by atoms with Crippen LogP contribution >= 0.6 is 0 Å². The number of para-hydroxylation sites is 1. The van der Waals surface area contributed by atoms with Gasteiger partial charge in [0, 0.05) is 42.5 Å². The van der Waals surface area contributed by atoms with Crippen molar-refractivity contribution in [3.05, 3.63) is 60.0 Å². The van der Waals surface area contributed by atoms with E-state index in [1.807, 2.05) is 43.4 Å². The third-order valence-corrected chi connectivity index (χ3v) is 3.46. The highest BCUT2D eigenvalue weighted by atomic mass is 16.1. The predicted octanol–water partition coefficient (Wildman–Crippen LogP) is 2.78. The zero-order valence-electron chi connectivity index (χ0n) is 11.3. The molecule has 0 aliphatic carbocycles. The minimum Gasteiger partial charge on any atom is -0.294 e. The second-order valence-corrected chi connectivity index (χ2v) is 4.75. The fourth-order valence-corrected chi connectivity index (χ4v) is 2.35. The van der Waals surface area contributed by atoms with Crippen LogP contribution in [0.3, 0.4) is 0 Å². The number of carbonyl (C=O) groups excluding carboxylic acids is 1. The molecular weight excluding hydrogens is 250 g/mol. The van der Waals surface area contributed by atoms with Crippen LogP contribution in [0.5, 0.6) is 0 Å². The monoisotopic (exact) mass is 265 g/mol. The van der Waals surface area contributed by atoms with Crippen LogP contribution in [0.15, 0.2) is 48.8 Å². The summed E-state index contributed by atoms with van der Waals surface area (Å²) in [7, 11) is 1.89. The van der Waals surface area contributed by atoms with Gasteiger partial charge in [-0.15, -0.1) is 0 Å². The number of benzene rings is 1. The molecule has 3 rings (SSSR count). The van der Waals surface area contributed by atoms with Crippen LogP contribution < -0.4 is 0 Å². The highest BCUT2D eigenvalue weighted by Crippen LogP contribution is 2.18.